The molecule has 162 valence electrons. The van der Waals surface area contributed by atoms with Crippen molar-refractivity contribution in [2.45, 2.75) is 6.92 Å². The van der Waals surface area contributed by atoms with Gasteiger partial charge in [-0.3, -0.25) is 4.79 Å². The molecule has 1 aliphatic heterocycles. The van der Waals surface area contributed by atoms with Crippen molar-refractivity contribution in [2.24, 2.45) is 7.05 Å². The Bertz CT molecular complexity index is 1200. The van der Waals surface area contributed by atoms with Gasteiger partial charge in [-0.2, -0.15) is 0 Å². The second-order valence-corrected chi connectivity index (χ2v) is 7.56. The summed E-state index contributed by atoms with van der Waals surface area (Å²) >= 11 is 0. The summed E-state index contributed by atoms with van der Waals surface area (Å²) in [5.74, 6) is -0.870. The third-order valence-electron chi connectivity index (χ3n) is 5.65. The Labute approximate surface area is 179 Å². The molecular formula is C23H25FN4O3. The number of pyridine rings is 1. The number of nitrogens with two attached hydrogens (primary N) is 1. The normalized spacial score (nSPS) is 14.2. The number of nitrogen functional groups attached to an aromatic ring is 1. The maximum absolute atomic E-state index is 14.1. The van der Waals surface area contributed by atoms with E-state index < -0.39 is 11.4 Å². The van der Waals surface area contributed by atoms with E-state index in [9.17, 15) is 14.0 Å². The van der Waals surface area contributed by atoms with E-state index in [1.54, 1.807) is 36.7 Å². The van der Waals surface area contributed by atoms with Crippen molar-refractivity contribution in [2.75, 3.05) is 48.3 Å². The molecule has 0 saturated carbocycles. The summed E-state index contributed by atoms with van der Waals surface area (Å²) in [6.07, 6.45) is 1.50. The van der Waals surface area contributed by atoms with Crippen LogP contribution in [0.2, 0.25) is 0 Å². The second kappa shape index (κ2) is 8.29. The summed E-state index contributed by atoms with van der Waals surface area (Å²) in [7, 11) is 1.78. The molecule has 0 aliphatic carbocycles. The summed E-state index contributed by atoms with van der Waals surface area (Å²) in [6, 6.07) is 10.3. The number of anilines is 3. The van der Waals surface area contributed by atoms with Gasteiger partial charge in [0.2, 0.25) is 5.43 Å². The van der Waals surface area contributed by atoms with Crippen LogP contribution in [0.15, 0.2) is 47.4 Å². The highest BCUT2D eigenvalue weighted by Gasteiger charge is 2.23. The first-order valence-corrected chi connectivity index (χ1v) is 10.2. The molecule has 0 radical (unpaired) electrons. The fourth-order valence-corrected chi connectivity index (χ4v) is 4.06. The average Bonchev–Trinajstić information content (AvgIpc) is 2.76. The SMILES string of the molecule is CCOC(=O)c1cn(C)c2cc(N3CCN(c4ccccc4F)CC3)c(N)cc2c1=O. The largest absolute Gasteiger partial charge is 0.462 e. The number of ether oxygens (including phenoxy) is 1. The van der Waals surface area contributed by atoms with Crippen LogP contribution >= 0.6 is 0 Å². The highest BCUT2D eigenvalue weighted by molar-refractivity contribution is 5.96. The molecule has 2 heterocycles. The number of piperazine rings is 1. The minimum atomic E-state index is -0.642. The molecule has 3 aromatic rings. The lowest BCUT2D eigenvalue weighted by atomic mass is 10.1. The number of hydrogen-bond acceptors (Lipinski definition) is 6. The Morgan fingerprint density at radius 2 is 1.74 bits per heavy atom. The van der Waals surface area contributed by atoms with E-state index in [0.29, 0.717) is 48.5 Å². The second-order valence-electron chi connectivity index (χ2n) is 7.56. The van der Waals surface area contributed by atoms with E-state index in [1.807, 2.05) is 17.0 Å². The minimum absolute atomic E-state index is 0.0116. The number of halogens is 1. The van der Waals surface area contributed by atoms with Crippen molar-refractivity contribution < 1.29 is 13.9 Å². The smallest absolute Gasteiger partial charge is 0.343 e. The molecule has 0 bridgehead atoms. The lowest BCUT2D eigenvalue weighted by Gasteiger charge is -2.38. The van der Waals surface area contributed by atoms with Crippen LogP contribution in [-0.2, 0) is 11.8 Å². The molecular weight excluding hydrogens is 399 g/mol. The van der Waals surface area contributed by atoms with Crippen molar-refractivity contribution in [1.82, 2.24) is 4.57 Å². The lowest BCUT2D eigenvalue weighted by molar-refractivity contribution is 0.0524. The number of aromatic nitrogens is 1. The predicted octanol–water partition coefficient (Wildman–Crippen LogP) is 2.76. The molecule has 1 aromatic heterocycles. The van der Waals surface area contributed by atoms with Crippen molar-refractivity contribution >= 4 is 33.9 Å². The van der Waals surface area contributed by atoms with Crippen LogP contribution in [0.3, 0.4) is 0 Å². The number of nitrogens with zero attached hydrogens (tertiary/aromatic N) is 3. The molecule has 8 heteroatoms. The van der Waals surface area contributed by atoms with Crippen molar-refractivity contribution in [1.29, 1.82) is 0 Å². The van der Waals surface area contributed by atoms with Gasteiger partial charge in [0.1, 0.15) is 11.4 Å². The zero-order chi connectivity index (χ0) is 22.1. The molecule has 0 amide bonds. The van der Waals surface area contributed by atoms with Gasteiger partial charge in [-0.1, -0.05) is 12.1 Å². The first-order chi connectivity index (χ1) is 14.9. The maximum atomic E-state index is 14.1. The van der Waals surface area contributed by atoms with Crippen molar-refractivity contribution in [3.63, 3.8) is 0 Å². The highest BCUT2D eigenvalue weighted by Crippen LogP contribution is 2.30. The Kier molecular flexibility index (Phi) is 5.54. The summed E-state index contributed by atoms with van der Waals surface area (Å²) in [6.45, 7) is 4.52. The van der Waals surface area contributed by atoms with Crippen LogP contribution in [0, 0.1) is 5.82 Å². The molecule has 0 atom stereocenters. The summed E-state index contributed by atoms with van der Waals surface area (Å²) < 4.78 is 20.8. The van der Waals surface area contributed by atoms with Crippen LogP contribution in [0.1, 0.15) is 17.3 Å². The lowest BCUT2D eigenvalue weighted by Crippen LogP contribution is -2.47. The number of fused-ring (bicyclic) bond motifs is 1. The molecule has 0 unspecified atom stereocenters. The number of rotatable bonds is 4. The monoisotopic (exact) mass is 424 g/mol. The zero-order valence-electron chi connectivity index (χ0n) is 17.6. The van der Waals surface area contributed by atoms with Gasteiger partial charge in [0.25, 0.3) is 0 Å². The first-order valence-electron chi connectivity index (χ1n) is 10.2. The Morgan fingerprint density at radius 3 is 2.39 bits per heavy atom. The maximum Gasteiger partial charge on any atom is 0.343 e. The van der Waals surface area contributed by atoms with Crippen LogP contribution in [0.4, 0.5) is 21.5 Å². The quantitative estimate of drug-likeness (QED) is 0.512. The van der Waals surface area contributed by atoms with Gasteiger partial charge >= 0.3 is 5.97 Å². The Balaban J connectivity index is 1.64. The third kappa shape index (κ3) is 3.81. The molecule has 31 heavy (non-hydrogen) atoms. The summed E-state index contributed by atoms with van der Waals surface area (Å²) in [4.78, 5) is 29.1. The predicted molar refractivity (Wildman–Crippen MR) is 120 cm³/mol. The summed E-state index contributed by atoms with van der Waals surface area (Å²) in [5.41, 5.74) is 8.47. The molecule has 2 aromatic carbocycles. The van der Waals surface area contributed by atoms with Gasteiger partial charge in [-0.15, -0.1) is 0 Å². The number of hydrogen-bond donors (Lipinski definition) is 1. The molecule has 7 nitrogen and oxygen atoms in total. The molecule has 1 fully saturated rings. The Morgan fingerprint density at radius 1 is 1.10 bits per heavy atom. The van der Waals surface area contributed by atoms with E-state index in [2.05, 4.69) is 4.90 Å². The number of carbonyl (C=O) groups excluding carboxylic acids is 1. The fourth-order valence-electron chi connectivity index (χ4n) is 4.06. The molecule has 0 spiro atoms. The van der Waals surface area contributed by atoms with E-state index in [4.69, 9.17) is 10.5 Å². The van der Waals surface area contributed by atoms with Gasteiger partial charge in [0.15, 0.2) is 0 Å². The number of aryl methyl sites for hydroxylation is 1. The van der Waals surface area contributed by atoms with E-state index >= 15 is 0 Å². The molecule has 4 rings (SSSR count). The standard InChI is InChI=1S/C23H25FN4O3/c1-3-31-23(30)16-14-26(2)20-13-21(18(25)12-15(20)22(16)29)28-10-8-27(9-11-28)19-7-5-4-6-17(19)24/h4-7,12-14H,3,8-11,25H2,1-2H3. The van der Waals surface area contributed by atoms with Gasteiger partial charge in [-0.05, 0) is 31.2 Å². The van der Waals surface area contributed by atoms with Gasteiger partial charge < -0.3 is 24.8 Å². The Hall–Kier alpha value is -3.55. The van der Waals surface area contributed by atoms with Crippen LogP contribution in [0.5, 0.6) is 0 Å². The molecule has 1 aliphatic rings. The number of benzene rings is 2. The van der Waals surface area contributed by atoms with Crippen LogP contribution < -0.4 is 21.0 Å². The van der Waals surface area contributed by atoms with Crippen molar-refractivity contribution in [3.05, 3.63) is 64.2 Å². The molecule has 2 N–H and O–H groups in total. The third-order valence-corrected chi connectivity index (χ3v) is 5.65. The van der Waals surface area contributed by atoms with Crippen molar-refractivity contribution in [3.8, 4) is 0 Å². The highest BCUT2D eigenvalue weighted by atomic mass is 19.1. The van der Waals surface area contributed by atoms with E-state index in [1.165, 1.54) is 12.3 Å². The fraction of sp³-hybridized carbons (Fsp3) is 0.304. The topological polar surface area (TPSA) is 80.8 Å². The summed E-state index contributed by atoms with van der Waals surface area (Å²) in [5, 5.41) is 0.374. The molecule has 1 saturated heterocycles. The van der Waals surface area contributed by atoms with E-state index in [-0.39, 0.29) is 18.0 Å². The number of para-hydroxylation sites is 1. The van der Waals surface area contributed by atoms with Gasteiger partial charge in [-0.25, -0.2) is 9.18 Å². The van der Waals surface area contributed by atoms with Crippen LogP contribution in [-0.4, -0.2) is 43.3 Å². The minimum Gasteiger partial charge on any atom is -0.462 e. The van der Waals surface area contributed by atoms with Gasteiger partial charge in [0, 0.05) is 44.8 Å². The number of carbonyl (C=O) groups is 1. The average molecular weight is 424 g/mol. The van der Waals surface area contributed by atoms with E-state index in [0.717, 1.165) is 5.69 Å². The number of esters is 1. The zero-order valence-corrected chi connectivity index (χ0v) is 17.6. The van der Waals surface area contributed by atoms with Crippen LogP contribution in [0.25, 0.3) is 10.9 Å². The first kappa shape index (κ1) is 20.7. The van der Waals surface area contributed by atoms with Gasteiger partial charge in [0.05, 0.1) is 29.2 Å².